The standard InChI is InChI=1S/C17H20ClN3O5S/c1-12-9-16(20-26-12)19-17(22)11-21(10-14-3-2-8-25-14)27(23,24)15-6-4-13(18)5-7-15/h4-7,9,14H,2-3,8,10-11H2,1H3,(H,19,20,22)/t14-/m1/s1. The number of aryl methyl sites for hydroxylation is 1. The van der Waals surface area contributed by atoms with E-state index in [4.69, 9.17) is 20.9 Å². The lowest BCUT2D eigenvalue weighted by molar-refractivity contribution is -0.116. The average molecular weight is 414 g/mol. The molecule has 2 aromatic rings. The zero-order chi connectivity index (χ0) is 19.4. The van der Waals surface area contributed by atoms with Gasteiger partial charge >= 0.3 is 0 Å². The molecule has 1 amide bonds. The fourth-order valence-corrected chi connectivity index (χ4v) is 4.34. The van der Waals surface area contributed by atoms with Crippen molar-refractivity contribution in [3.8, 4) is 0 Å². The summed E-state index contributed by atoms with van der Waals surface area (Å²) in [5.74, 6) is 0.257. The molecule has 2 heterocycles. The molecule has 146 valence electrons. The highest BCUT2D eigenvalue weighted by Gasteiger charge is 2.31. The fraction of sp³-hybridized carbons (Fsp3) is 0.412. The topological polar surface area (TPSA) is 102 Å². The van der Waals surface area contributed by atoms with Crippen molar-refractivity contribution in [2.45, 2.75) is 30.8 Å². The first-order valence-corrected chi connectivity index (χ1v) is 10.3. The molecule has 0 unspecified atom stereocenters. The first-order valence-electron chi connectivity index (χ1n) is 8.45. The summed E-state index contributed by atoms with van der Waals surface area (Å²) in [4.78, 5) is 12.4. The summed E-state index contributed by atoms with van der Waals surface area (Å²) in [6, 6.07) is 7.38. The molecule has 27 heavy (non-hydrogen) atoms. The maximum atomic E-state index is 13.0. The largest absolute Gasteiger partial charge is 0.377 e. The molecule has 8 nitrogen and oxygen atoms in total. The van der Waals surface area contributed by atoms with Crippen LogP contribution in [0.1, 0.15) is 18.6 Å². The van der Waals surface area contributed by atoms with E-state index in [-0.39, 0.29) is 29.9 Å². The Balaban J connectivity index is 1.79. The Morgan fingerprint density at radius 3 is 2.70 bits per heavy atom. The van der Waals surface area contributed by atoms with Gasteiger partial charge in [0.2, 0.25) is 15.9 Å². The van der Waals surface area contributed by atoms with Crippen molar-refractivity contribution in [3.63, 3.8) is 0 Å². The van der Waals surface area contributed by atoms with Gasteiger partial charge in [-0.1, -0.05) is 16.8 Å². The van der Waals surface area contributed by atoms with Crippen LogP contribution in [0.25, 0.3) is 0 Å². The van der Waals surface area contributed by atoms with Crippen LogP contribution in [0, 0.1) is 6.92 Å². The highest BCUT2D eigenvalue weighted by Crippen LogP contribution is 2.22. The lowest BCUT2D eigenvalue weighted by Crippen LogP contribution is -2.42. The van der Waals surface area contributed by atoms with E-state index in [9.17, 15) is 13.2 Å². The number of rotatable bonds is 7. The van der Waals surface area contributed by atoms with Crippen molar-refractivity contribution < 1.29 is 22.5 Å². The molecule has 1 N–H and O–H groups in total. The molecule has 1 aromatic heterocycles. The third-order valence-electron chi connectivity index (χ3n) is 4.10. The first-order chi connectivity index (χ1) is 12.8. The molecule has 1 saturated heterocycles. The molecule has 1 aliphatic heterocycles. The number of benzene rings is 1. The van der Waals surface area contributed by atoms with Crippen molar-refractivity contribution >= 4 is 33.3 Å². The second-order valence-electron chi connectivity index (χ2n) is 6.26. The Kier molecular flexibility index (Phi) is 6.15. The van der Waals surface area contributed by atoms with Gasteiger partial charge in [0, 0.05) is 24.2 Å². The predicted molar refractivity (Wildman–Crippen MR) is 99.1 cm³/mol. The van der Waals surface area contributed by atoms with Crippen LogP contribution in [0.4, 0.5) is 5.82 Å². The SMILES string of the molecule is Cc1cc(NC(=O)CN(C[C@H]2CCCO2)S(=O)(=O)c2ccc(Cl)cc2)no1. The smallest absolute Gasteiger partial charge is 0.243 e. The number of carbonyl (C=O) groups is 1. The maximum Gasteiger partial charge on any atom is 0.243 e. The van der Waals surface area contributed by atoms with Crippen molar-refractivity contribution in [1.29, 1.82) is 0 Å². The van der Waals surface area contributed by atoms with Crippen LogP contribution >= 0.6 is 11.6 Å². The summed E-state index contributed by atoms with van der Waals surface area (Å²) in [6.45, 7) is 2.01. The molecular formula is C17H20ClN3O5S. The van der Waals surface area contributed by atoms with Gasteiger partial charge in [0.1, 0.15) is 5.76 Å². The molecule has 0 aliphatic carbocycles. The quantitative estimate of drug-likeness (QED) is 0.748. The summed E-state index contributed by atoms with van der Waals surface area (Å²) >= 11 is 5.85. The monoisotopic (exact) mass is 413 g/mol. The van der Waals surface area contributed by atoms with Crippen LogP contribution in [0.5, 0.6) is 0 Å². The van der Waals surface area contributed by atoms with E-state index in [1.165, 1.54) is 24.3 Å². The molecule has 0 radical (unpaired) electrons. The van der Waals surface area contributed by atoms with Crippen molar-refractivity contribution in [1.82, 2.24) is 9.46 Å². The maximum absolute atomic E-state index is 13.0. The summed E-state index contributed by atoms with van der Waals surface area (Å²) in [5.41, 5.74) is 0. The lowest BCUT2D eigenvalue weighted by Gasteiger charge is -2.24. The van der Waals surface area contributed by atoms with Gasteiger partial charge in [-0.3, -0.25) is 4.79 Å². The molecule has 1 fully saturated rings. The van der Waals surface area contributed by atoms with Gasteiger partial charge < -0.3 is 14.6 Å². The number of nitrogens with zero attached hydrogens (tertiary/aromatic N) is 2. The molecule has 1 atom stereocenters. The summed E-state index contributed by atoms with van der Waals surface area (Å²) in [7, 11) is -3.90. The zero-order valence-electron chi connectivity index (χ0n) is 14.7. The molecule has 1 aromatic carbocycles. The number of hydrogen-bond donors (Lipinski definition) is 1. The number of ether oxygens (including phenoxy) is 1. The number of halogens is 1. The van der Waals surface area contributed by atoms with E-state index in [1.807, 2.05) is 0 Å². The van der Waals surface area contributed by atoms with Crippen LogP contribution < -0.4 is 5.32 Å². The minimum absolute atomic E-state index is 0.0648. The first kappa shape index (κ1) is 19.8. The molecule has 10 heteroatoms. The van der Waals surface area contributed by atoms with Gasteiger partial charge in [-0.25, -0.2) is 8.42 Å². The third kappa shape index (κ3) is 5.07. The van der Waals surface area contributed by atoms with E-state index >= 15 is 0 Å². The molecule has 0 spiro atoms. The number of sulfonamides is 1. The van der Waals surface area contributed by atoms with Gasteiger partial charge in [-0.2, -0.15) is 4.31 Å². The number of nitrogens with one attached hydrogen (secondary N) is 1. The van der Waals surface area contributed by atoms with Gasteiger partial charge in [0.15, 0.2) is 5.82 Å². The van der Waals surface area contributed by atoms with Crippen molar-refractivity contribution in [2.24, 2.45) is 0 Å². The molecule has 0 saturated carbocycles. The average Bonchev–Trinajstić information content (AvgIpc) is 3.26. The van der Waals surface area contributed by atoms with Crippen LogP contribution in [-0.4, -0.2) is 49.6 Å². The molecule has 1 aliphatic rings. The Morgan fingerprint density at radius 1 is 1.37 bits per heavy atom. The van der Waals surface area contributed by atoms with E-state index in [0.717, 1.165) is 17.1 Å². The van der Waals surface area contributed by atoms with Crippen molar-refractivity contribution in [3.05, 3.63) is 41.1 Å². The second-order valence-corrected chi connectivity index (χ2v) is 8.63. The van der Waals surface area contributed by atoms with Gasteiger partial charge in [-0.05, 0) is 44.0 Å². The van der Waals surface area contributed by atoms with Crippen LogP contribution in [-0.2, 0) is 19.6 Å². The van der Waals surface area contributed by atoms with Gasteiger partial charge in [0.05, 0.1) is 17.5 Å². The number of anilines is 1. The number of amides is 1. The van der Waals surface area contributed by atoms with E-state index in [2.05, 4.69) is 10.5 Å². The third-order valence-corrected chi connectivity index (χ3v) is 6.18. The highest BCUT2D eigenvalue weighted by atomic mass is 35.5. The fourth-order valence-electron chi connectivity index (χ4n) is 2.79. The van der Waals surface area contributed by atoms with Gasteiger partial charge in [-0.15, -0.1) is 0 Å². The van der Waals surface area contributed by atoms with E-state index < -0.39 is 15.9 Å². The van der Waals surface area contributed by atoms with Crippen LogP contribution in [0.3, 0.4) is 0 Å². The molecule has 0 bridgehead atoms. The Morgan fingerprint density at radius 2 is 2.11 bits per heavy atom. The van der Waals surface area contributed by atoms with Crippen molar-refractivity contribution in [2.75, 3.05) is 25.0 Å². The summed E-state index contributed by atoms with van der Waals surface area (Å²) < 4.78 is 37.6. The van der Waals surface area contributed by atoms with Crippen LogP contribution in [0.2, 0.25) is 5.02 Å². The lowest BCUT2D eigenvalue weighted by atomic mass is 10.2. The normalized spacial score (nSPS) is 17.4. The van der Waals surface area contributed by atoms with E-state index in [1.54, 1.807) is 13.0 Å². The number of hydrogen-bond acceptors (Lipinski definition) is 6. The summed E-state index contributed by atoms with van der Waals surface area (Å²) in [6.07, 6.45) is 1.37. The predicted octanol–water partition coefficient (Wildman–Crippen LogP) is 2.44. The highest BCUT2D eigenvalue weighted by molar-refractivity contribution is 7.89. The number of carbonyl (C=O) groups excluding carboxylic acids is 1. The molecule has 3 rings (SSSR count). The minimum atomic E-state index is -3.90. The Labute approximate surface area is 162 Å². The zero-order valence-corrected chi connectivity index (χ0v) is 16.3. The Bertz CT molecular complexity index is 892. The van der Waals surface area contributed by atoms with E-state index in [0.29, 0.717) is 17.4 Å². The van der Waals surface area contributed by atoms with Gasteiger partial charge in [0.25, 0.3) is 0 Å². The Hall–Kier alpha value is -1.94. The minimum Gasteiger partial charge on any atom is -0.377 e. The summed E-state index contributed by atoms with van der Waals surface area (Å²) in [5, 5.41) is 6.65. The van der Waals surface area contributed by atoms with Crippen LogP contribution in [0.15, 0.2) is 39.8 Å². The molecular weight excluding hydrogens is 394 g/mol. The second kappa shape index (κ2) is 8.39. The number of aromatic nitrogens is 1.